The lowest BCUT2D eigenvalue weighted by Gasteiger charge is -2.25. The molecule has 4 nitrogen and oxygen atoms in total. The summed E-state index contributed by atoms with van der Waals surface area (Å²) in [6, 6.07) is 5.49. The van der Waals surface area contributed by atoms with Crippen molar-refractivity contribution >= 4 is 5.82 Å². The third kappa shape index (κ3) is 2.80. The summed E-state index contributed by atoms with van der Waals surface area (Å²) in [6.45, 7) is 3.13. The molecule has 0 aromatic carbocycles. The summed E-state index contributed by atoms with van der Waals surface area (Å²) in [4.78, 5) is 2.25. The molecule has 0 saturated heterocycles. The number of rotatable bonds is 6. The molecule has 0 radical (unpaired) electrons. The lowest BCUT2D eigenvalue weighted by Crippen LogP contribution is -2.31. The standard InChI is InChI=1S/C14H22N4/c1-10(11-3-4-11)18(2)14-8-7-13(16-17-14)9-15-12-5-6-12/h7-8,10-12,15H,3-6,9H2,1-2H3. The lowest BCUT2D eigenvalue weighted by atomic mass is 10.2. The number of nitrogens with zero attached hydrogens (tertiary/aromatic N) is 3. The van der Waals surface area contributed by atoms with Crippen molar-refractivity contribution in [1.29, 1.82) is 0 Å². The van der Waals surface area contributed by atoms with Gasteiger partial charge in [0.1, 0.15) is 0 Å². The summed E-state index contributed by atoms with van der Waals surface area (Å²) < 4.78 is 0. The molecule has 1 aromatic rings. The van der Waals surface area contributed by atoms with E-state index in [-0.39, 0.29) is 0 Å². The first-order valence-corrected chi connectivity index (χ1v) is 7.03. The van der Waals surface area contributed by atoms with E-state index in [2.05, 4.69) is 46.5 Å². The quantitative estimate of drug-likeness (QED) is 0.833. The SMILES string of the molecule is CC(C1CC1)N(C)c1ccc(CNC2CC2)nn1. The summed E-state index contributed by atoms with van der Waals surface area (Å²) in [5, 5.41) is 12.1. The first-order chi connectivity index (χ1) is 8.74. The molecule has 1 heterocycles. The number of anilines is 1. The highest BCUT2D eigenvalue weighted by Crippen LogP contribution is 2.35. The summed E-state index contributed by atoms with van der Waals surface area (Å²) in [7, 11) is 2.12. The fourth-order valence-corrected chi connectivity index (χ4v) is 2.28. The van der Waals surface area contributed by atoms with Crippen molar-refractivity contribution < 1.29 is 0 Å². The summed E-state index contributed by atoms with van der Waals surface area (Å²) >= 11 is 0. The van der Waals surface area contributed by atoms with Crippen LogP contribution < -0.4 is 10.2 Å². The van der Waals surface area contributed by atoms with Crippen LogP contribution >= 0.6 is 0 Å². The molecule has 0 bridgehead atoms. The van der Waals surface area contributed by atoms with E-state index in [1.54, 1.807) is 0 Å². The first-order valence-electron chi connectivity index (χ1n) is 7.03. The van der Waals surface area contributed by atoms with Gasteiger partial charge in [-0.25, -0.2) is 0 Å². The van der Waals surface area contributed by atoms with Crippen molar-refractivity contribution in [3.63, 3.8) is 0 Å². The van der Waals surface area contributed by atoms with E-state index in [0.717, 1.165) is 30.0 Å². The topological polar surface area (TPSA) is 41.0 Å². The molecule has 4 heteroatoms. The highest BCUT2D eigenvalue weighted by atomic mass is 15.3. The monoisotopic (exact) mass is 246 g/mol. The Morgan fingerprint density at radius 2 is 2.06 bits per heavy atom. The number of hydrogen-bond acceptors (Lipinski definition) is 4. The zero-order valence-electron chi connectivity index (χ0n) is 11.3. The predicted octanol–water partition coefficient (Wildman–Crippen LogP) is 1.96. The van der Waals surface area contributed by atoms with Crippen LogP contribution in [0.25, 0.3) is 0 Å². The molecule has 2 saturated carbocycles. The molecule has 2 aliphatic rings. The van der Waals surface area contributed by atoms with E-state index in [1.807, 2.05) is 0 Å². The van der Waals surface area contributed by atoms with Crippen molar-refractivity contribution in [2.24, 2.45) is 5.92 Å². The largest absolute Gasteiger partial charge is 0.355 e. The van der Waals surface area contributed by atoms with Gasteiger partial charge in [0.25, 0.3) is 0 Å². The summed E-state index contributed by atoms with van der Waals surface area (Å²) in [5.74, 6) is 1.84. The maximum absolute atomic E-state index is 4.34. The van der Waals surface area contributed by atoms with Gasteiger partial charge in [0.2, 0.25) is 0 Å². The molecule has 1 N–H and O–H groups in total. The predicted molar refractivity (Wildman–Crippen MR) is 72.5 cm³/mol. The van der Waals surface area contributed by atoms with Crippen molar-refractivity contribution in [2.75, 3.05) is 11.9 Å². The Kier molecular flexibility index (Phi) is 3.20. The Bertz CT molecular complexity index is 395. The fourth-order valence-electron chi connectivity index (χ4n) is 2.28. The lowest BCUT2D eigenvalue weighted by molar-refractivity contribution is 0.598. The molecule has 1 atom stereocenters. The zero-order valence-corrected chi connectivity index (χ0v) is 11.3. The van der Waals surface area contributed by atoms with E-state index in [4.69, 9.17) is 0 Å². The van der Waals surface area contributed by atoms with Gasteiger partial charge in [0.05, 0.1) is 5.69 Å². The van der Waals surface area contributed by atoms with Gasteiger partial charge < -0.3 is 10.2 Å². The second-order valence-electron chi connectivity index (χ2n) is 5.73. The Hall–Kier alpha value is -1.16. The molecule has 2 fully saturated rings. The number of hydrogen-bond donors (Lipinski definition) is 1. The average molecular weight is 246 g/mol. The Labute approximate surface area is 109 Å². The third-order valence-electron chi connectivity index (χ3n) is 4.13. The highest BCUT2D eigenvalue weighted by Gasteiger charge is 2.31. The average Bonchev–Trinajstić information content (AvgIpc) is 3.29. The Balaban J connectivity index is 1.58. The van der Waals surface area contributed by atoms with Crippen molar-refractivity contribution in [1.82, 2.24) is 15.5 Å². The minimum atomic E-state index is 0.578. The van der Waals surface area contributed by atoms with Crippen LogP contribution in [0.5, 0.6) is 0 Å². The second-order valence-corrected chi connectivity index (χ2v) is 5.73. The number of nitrogens with one attached hydrogen (secondary N) is 1. The molecule has 0 aliphatic heterocycles. The molecular weight excluding hydrogens is 224 g/mol. The van der Waals surface area contributed by atoms with E-state index in [9.17, 15) is 0 Å². The molecule has 18 heavy (non-hydrogen) atoms. The van der Waals surface area contributed by atoms with Crippen LogP contribution in [0.15, 0.2) is 12.1 Å². The molecule has 98 valence electrons. The van der Waals surface area contributed by atoms with Gasteiger partial charge in [-0.2, -0.15) is 5.10 Å². The fraction of sp³-hybridized carbons (Fsp3) is 0.714. The molecule has 0 spiro atoms. The van der Waals surface area contributed by atoms with Gasteiger partial charge in [-0.3, -0.25) is 0 Å². The van der Waals surface area contributed by atoms with Gasteiger partial charge in [0.15, 0.2) is 5.82 Å². The van der Waals surface area contributed by atoms with Gasteiger partial charge in [-0.15, -0.1) is 5.10 Å². The maximum atomic E-state index is 4.34. The Morgan fingerprint density at radius 1 is 1.28 bits per heavy atom. The van der Waals surface area contributed by atoms with Crippen LogP contribution in [0.1, 0.15) is 38.3 Å². The van der Waals surface area contributed by atoms with E-state index in [0.29, 0.717) is 6.04 Å². The Morgan fingerprint density at radius 3 is 2.61 bits per heavy atom. The summed E-state index contributed by atoms with van der Waals surface area (Å²) in [6.07, 6.45) is 5.35. The molecule has 1 unspecified atom stereocenters. The van der Waals surface area contributed by atoms with Crippen LogP contribution in [0.4, 0.5) is 5.82 Å². The van der Waals surface area contributed by atoms with Crippen LogP contribution in [-0.4, -0.2) is 29.3 Å². The van der Waals surface area contributed by atoms with Gasteiger partial charge in [0, 0.05) is 25.7 Å². The van der Waals surface area contributed by atoms with E-state index < -0.39 is 0 Å². The molecular formula is C14H22N4. The molecule has 0 amide bonds. The molecule has 2 aliphatic carbocycles. The molecule has 3 rings (SSSR count). The number of aromatic nitrogens is 2. The van der Waals surface area contributed by atoms with Crippen molar-refractivity contribution in [2.45, 2.75) is 51.2 Å². The van der Waals surface area contributed by atoms with E-state index in [1.165, 1.54) is 25.7 Å². The summed E-state index contributed by atoms with van der Waals surface area (Å²) in [5.41, 5.74) is 1.04. The normalized spacial score (nSPS) is 20.8. The first kappa shape index (κ1) is 11.9. The van der Waals surface area contributed by atoms with Crippen LogP contribution in [0, 0.1) is 5.92 Å². The van der Waals surface area contributed by atoms with Gasteiger partial charge in [-0.05, 0) is 50.7 Å². The minimum Gasteiger partial charge on any atom is -0.355 e. The van der Waals surface area contributed by atoms with Crippen LogP contribution in [-0.2, 0) is 6.54 Å². The minimum absolute atomic E-state index is 0.578. The highest BCUT2D eigenvalue weighted by molar-refractivity contribution is 5.38. The second kappa shape index (κ2) is 4.84. The maximum Gasteiger partial charge on any atom is 0.151 e. The smallest absolute Gasteiger partial charge is 0.151 e. The third-order valence-corrected chi connectivity index (χ3v) is 4.13. The van der Waals surface area contributed by atoms with Gasteiger partial charge >= 0.3 is 0 Å². The van der Waals surface area contributed by atoms with Gasteiger partial charge in [-0.1, -0.05) is 0 Å². The molecule has 1 aromatic heterocycles. The van der Waals surface area contributed by atoms with Crippen molar-refractivity contribution in [3.8, 4) is 0 Å². The zero-order chi connectivity index (χ0) is 12.5. The van der Waals surface area contributed by atoms with Crippen LogP contribution in [0.2, 0.25) is 0 Å². The van der Waals surface area contributed by atoms with Crippen molar-refractivity contribution in [3.05, 3.63) is 17.8 Å². The van der Waals surface area contributed by atoms with E-state index >= 15 is 0 Å². The van der Waals surface area contributed by atoms with Crippen LogP contribution in [0.3, 0.4) is 0 Å².